The third kappa shape index (κ3) is 10.0. The first-order valence-corrected chi connectivity index (χ1v) is 16.0. The molecule has 1 aromatic rings. The topological polar surface area (TPSA) is 137 Å². The molecule has 10 heteroatoms. The van der Waals surface area contributed by atoms with E-state index >= 15 is 0 Å². The summed E-state index contributed by atoms with van der Waals surface area (Å²) < 4.78 is 0. The van der Waals surface area contributed by atoms with Crippen molar-refractivity contribution in [2.75, 3.05) is 13.1 Å². The van der Waals surface area contributed by atoms with Crippen LogP contribution in [0, 0.1) is 11.3 Å². The summed E-state index contributed by atoms with van der Waals surface area (Å²) in [5.74, 6) is -2.59. The highest BCUT2D eigenvalue weighted by atomic mass is 16.2. The molecule has 1 aliphatic heterocycles. The van der Waals surface area contributed by atoms with Gasteiger partial charge in [0, 0.05) is 18.6 Å². The zero-order chi connectivity index (χ0) is 33.4. The molecule has 0 bridgehead atoms. The number of benzene rings is 1. The molecule has 0 radical (unpaired) electrons. The van der Waals surface area contributed by atoms with Gasteiger partial charge in [0.15, 0.2) is 0 Å². The summed E-state index contributed by atoms with van der Waals surface area (Å²) in [6.07, 6.45) is 6.67. The number of carbonyl (C=O) groups excluding carboxylic acids is 5. The Hall–Kier alpha value is -3.95. The Kier molecular flexibility index (Phi) is 12.1. The van der Waals surface area contributed by atoms with Crippen molar-refractivity contribution in [2.24, 2.45) is 11.3 Å². The number of likely N-dealkylation sites (tertiary alicyclic amines) is 1. The molecule has 0 spiro atoms. The molecule has 5 amide bonds. The number of allylic oxidation sites excluding steroid dienone is 1. The first-order valence-electron chi connectivity index (χ1n) is 16.0. The second kappa shape index (κ2) is 15.4. The lowest BCUT2D eigenvalue weighted by molar-refractivity contribution is -0.143. The van der Waals surface area contributed by atoms with Gasteiger partial charge in [-0.3, -0.25) is 19.2 Å². The lowest BCUT2D eigenvalue weighted by Crippen LogP contribution is -2.60. The van der Waals surface area contributed by atoms with Crippen molar-refractivity contribution in [3.8, 4) is 0 Å². The van der Waals surface area contributed by atoms with Crippen LogP contribution in [0.25, 0.3) is 0 Å². The second-order valence-electron chi connectivity index (χ2n) is 14.1. The summed E-state index contributed by atoms with van der Waals surface area (Å²) in [5.41, 5.74) is 1.75. The molecule has 0 aromatic heterocycles. The molecule has 4 N–H and O–H groups in total. The number of carbonyl (C=O) groups is 5. The van der Waals surface area contributed by atoms with Gasteiger partial charge in [0.05, 0.1) is 6.04 Å². The quantitative estimate of drug-likeness (QED) is 0.186. The first-order chi connectivity index (χ1) is 21.2. The molecular weight excluding hydrogens is 570 g/mol. The predicted molar refractivity (Wildman–Crippen MR) is 175 cm³/mol. The Morgan fingerprint density at radius 3 is 2.20 bits per heavy atom. The van der Waals surface area contributed by atoms with E-state index in [1.54, 1.807) is 6.08 Å². The summed E-state index contributed by atoms with van der Waals surface area (Å²) in [6.45, 7) is 17.9. The number of hydrogen-bond donors (Lipinski definition) is 4. The SMILES string of the molecule is C=CCCC(NC(=O)[C@@H]1CCCN1C(=O)C(NC(=O)NC(C)(C)CC(C)(C)C)C1Cc2ccccc2C1)C(=O)C(=O)NCC=C. The Labute approximate surface area is 267 Å². The van der Waals surface area contributed by atoms with Gasteiger partial charge < -0.3 is 26.2 Å². The van der Waals surface area contributed by atoms with Crippen molar-refractivity contribution in [3.05, 3.63) is 60.7 Å². The summed E-state index contributed by atoms with van der Waals surface area (Å²) in [7, 11) is 0. The molecular formula is C35H51N5O5. The standard InChI is InChI=1S/C35H51N5O5/c1-8-10-16-26(29(41)31(43)36-18-9-2)37-30(42)27-17-13-19-40(27)32(44)28(25-20-23-14-11-12-15-24(23)21-25)38-33(45)39-35(6,7)22-34(3,4)5/h8-9,11-12,14-15,25-28H,1-2,10,13,16-22H2,3-7H3,(H,36,43)(H,37,42)(H2,38,39,45)/t26?,27-,28?/m0/s1. The zero-order valence-corrected chi connectivity index (χ0v) is 27.5. The summed E-state index contributed by atoms with van der Waals surface area (Å²) in [6, 6.07) is 4.83. The van der Waals surface area contributed by atoms with Crippen molar-refractivity contribution >= 4 is 29.5 Å². The van der Waals surface area contributed by atoms with Crippen LogP contribution in [0.3, 0.4) is 0 Å². The minimum Gasteiger partial charge on any atom is -0.346 e. The Morgan fingerprint density at radius 1 is 0.978 bits per heavy atom. The minimum absolute atomic E-state index is 0.0214. The molecule has 1 heterocycles. The molecule has 1 saturated heterocycles. The first kappa shape index (κ1) is 35.5. The van der Waals surface area contributed by atoms with Crippen LogP contribution < -0.4 is 21.3 Å². The van der Waals surface area contributed by atoms with Crippen molar-refractivity contribution < 1.29 is 24.0 Å². The summed E-state index contributed by atoms with van der Waals surface area (Å²) >= 11 is 0. The number of fused-ring (bicyclic) bond motifs is 1. The van der Waals surface area contributed by atoms with E-state index in [4.69, 9.17) is 0 Å². The van der Waals surface area contributed by atoms with Crippen LogP contribution in [0.4, 0.5) is 4.79 Å². The van der Waals surface area contributed by atoms with Crippen molar-refractivity contribution in [1.29, 1.82) is 0 Å². The third-order valence-electron chi connectivity index (χ3n) is 8.29. The zero-order valence-electron chi connectivity index (χ0n) is 27.5. The molecule has 1 fully saturated rings. The minimum atomic E-state index is -1.06. The van der Waals surface area contributed by atoms with E-state index in [1.807, 2.05) is 38.1 Å². The number of ketones is 1. The Morgan fingerprint density at radius 2 is 1.62 bits per heavy atom. The number of hydrogen-bond acceptors (Lipinski definition) is 5. The van der Waals surface area contributed by atoms with Crippen LogP contribution in [0.15, 0.2) is 49.6 Å². The fourth-order valence-corrected chi connectivity index (χ4v) is 6.78. The highest BCUT2D eigenvalue weighted by molar-refractivity contribution is 6.38. The van der Waals surface area contributed by atoms with Gasteiger partial charge in [-0.15, -0.1) is 13.2 Å². The fourth-order valence-electron chi connectivity index (χ4n) is 6.78. The number of nitrogens with zero attached hydrogens (tertiary/aromatic N) is 1. The van der Waals surface area contributed by atoms with Crippen molar-refractivity contribution in [1.82, 2.24) is 26.2 Å². The Balaban J connectivity index is 1.81. The van der Waals surface area contributed by atoms with Gasteiger partial charge in [-0.1, -0.05) is 57.2 Å². The highest BCUT2D eigenvalue weighted by Gasteiger charge is 2.43. The predicted octanol–water partition coefficient (Wildman–Crippen LogP) is 3.60. The molecule has 2 aliphatic rings. The van der Waals surface area contributed by atoms with Gasteiger partial charge in [0.1, 0.15) is 12.1 Å². The van der Waals surface area contributed by atoms with Crippen LogP contribution in [-0.4, -0.2) is 71.2 Å². The average molecular weight is 622 g/mol. The van der Waals surface area contributed by atoms with E-state index in [-0.39, 0.29) is 30.2 Å². The van der Waals surface area contributed by atoms with E-state index in [0.29, 0.717) is 38.6 Å². The molecule has 246 valence electrons. The molecule has 1 aromatic carbocycles. The number of amides is 5. The van der Waals surface area contributed by atoms with Crippen LogP contribution >= 0.6 is 0 Å². The smallest absolute Gasteiger partial charge is 0.315 e. The molecule has 0 saturated carbocycles. The van der Waals surface area contributed by atoms with Gasteiger partial charge in [-0.25, -0.2) is 4.79 Å². The summed E-state index contributed by atoms with van der Waals surface area (Å²) in [4.78, 5) is 68.1. The van der Waals surface area contributed by atoms with Gasteiger partial charge in [0.2, 0.25) is 17.6 Å². The highest BCUT2D eigenvalue weighted by Crippen LogP contribution is 2.31. The number of rotatable bonds is 14. The van der Waals surface area contributed by atoms with Crippen molar-refractivity contribution in [3.63, 3.8) is 0 Å². The summed E-state index contributed by atoms with van der Waals surface area (Å²) in [5, 5.41) is 11.3. The van der Waals surface area contributed by atoms with E-state index < -0.39 is 47.3 Å². The maximum absolute atomic E-state index is 14.3. The van der Waals surface area contributed by atoms with Gasteiger partial charge >= 0.3 is 6.03 Å². The molecule has 3 rings (SSSR count). The lowest BCUT2D eigenvalue weighted by Gasteiger charge is -2.35. The molecule has 2 unspecified atom stereocenters. The average Bonchev–Trinajstić information content (AvgIpc) is 3.62. The van der Waals surface area contributed by atoms with Crippen LogP contribution in [0.5, 0.6) is 0 Å². The fraction of sp³-hybridized carbons (Fsp3) is 0.571. The van der Waals surface area contributed by atoms with Crippen LogP contribution in [0.2, 0.25) is 0 Å². The van der Waals surface area contributed by atoms with E-state index in [0.717, 1.165) is 17.5 Å². The normalized spacial score (nSPS) is 17.9. The maximum atomic E-state index is 14.3. The van der Waals surface area contributed by atoms with E-state index in [1.165, 1.54) is 11.0 Å². The third-order valence-corrected chi connectivity index (χ3v) is 8.29. The maximum Gasteiger partial charge on any atom is 0.315 e. The van der Waals surface area contributed by atoms with Crippen LogP contribution in [0.1, 0.15) is 77.8 Å². The monoisotopic (exact) mass is 621 g/mol. The second-order valence-corrected chi connectivity index (χ2v) is 14.1. The lowest BCUT2D eigenvalue weighted by atomic mass is 9.82. The Bertz CT molecular complexity index is 1260. The molecule has 10 nitrogen and oxygen atoms in total. The molecule has 45 heavy (non-hydrogen) atoms. The number of nitrogens with one attached hydrogen (secondary N) is 4. The van der Waals surface area contributed by atoms with Crippen molar-refractivity contribution in [2.45, 2.75) is 103 Å². The van der Waals surface area contributed by atoms with E-state index in [2.05, 4.69) is 55.2 Å². The van der Waals surface area contributed by atoms with Gasteiger partial charge in [-0.05, 0) is 81.3 Å². The largest absolute Gasteiger partial charge is 0.346 e. The molecule has 3 atom stereocenters. The van der Waals surface area contributed by atoms with Gasteiger partial charge in [0.25, 0.3) is 5.91 Å². The van der Waals surface area contributed by atoms with E-state index in [9.17, 15) is 24.0 Å². The number of Topliss-reactive ketones (excluding diaryl/α,β-unsaturated/α-hetero) is 1. The number of urea groups is 1. The van der Waals surface area contributed by atoms with Gasteiger partial charge in [-0.2, -0.15) is 0 Å². The molecule has 1 aliphatic carbocycles. The van der Waals surface area contributed by atoms with Crippen LogP contribution in [-0.2, 0) is 32.0 Å².